The van der Waals surface area contributed by atoms with Crippen LogP contribution in [0.4, 0.5) is 5.69 Å². The van der Waals surface area contributed by atoms with Crippen molar-refractivity contribution < 1.29 is 14.3 Å². The van der Waals surface area contributed by atoms with Crippen molar-refractivity contribution in [2.45, 2.75) is 56.1 Å². The molecule has 5 heteroatoms. The number of piperidine rings is 1. The Bertz CT molecular complexity index is 1050. The summed E-state index contributed by atoms with van der Waals surface area (Å²) in [7, 11) is 1.69. The highest BCUT2D eigenvalue weighted by Gasteiger charge is 2.69. The number of nitrogens with zero attached hydrogens (tertiary/aromatic N) is 2. The molecule has 0 radical (unpaired) electrons. The van der Waals surface area contributed by atoms with Crippen LogP contribution in [-0.2, 0) is 21.5 Å². The first-order valence-electron chi connectivity index (χ1n) is 11.4. The summed E-state index contributed by atoms with van der Waals surface area (Å²) in [6.45, 7) is 1.59. The lowest BCUT2D eigenvalue weighted by Crippen LogP contribution is -2.66. The molecule has 1 aliphatic carbocycles. The Kier molecular flexibility index (Phi) is 4.02. The van der Waals surface area contributed by atoms with Crippen molar-refractivity contribution in [3.8, 4) is 5.75 Å². The summed E-state index contributed by atoms with van der Waals surface area (Å²) < 4.78 is 5.33. The highest BCUT2D eigenvalue weighted by molar-refractivity contribution is 5.83. The summed E-state index contributed by atoms with van der Waals surface area (Å²) in [4.78, 5) is 30.0. The summed E-state index contributed by atoms with van der Waals surface area (Å²) in [5.74, 6) is 1.09. The van der Waals surface area contributed by atoms with Crippen molar-refractivity contribution in [2.75, 3.05) is 18.6 Å². The fourth-order valence-corrected chi connectivity index (χ4v) is 7.32. The number of methoxy groups -OCH3 is 1. The molecule has 3 aliphatic heterocycles. The van der Waals surface area contributed by atoms with Crippen LogP contribution in [0.2, 0.25) is 0 Å². The topological polar surface area (TPSA) is 49.9 Å². The lowest BCUT2D eigenvalue weighted by Gasteiger charge is -2.56. The molecule has 0 aromatic heterocycles. The van der Waals surface area contributed by atoms with Crippen LogP contribution in [0.1, 0.15) is 43.2 Å². The first-order valence-corrected chi connectivity index (χ1v) is 11.4. The second kappa shape index (κ2) is 6.59. The van der Waals surface area contributed by atoms with Crippen molar-refractivity contribution in [3.63, 3.8) is 0 Å². The van der Waals surface area contributed by atoms with Gasteiger partial charge in [-0.25, -0.2) is 0 Å². The Morgan fingerprint density at radius 1 is 1.10 bits per heavy atom. The van der Waals surface area contributed by atoms with Gasteiger partial charge in [0.05, 0.1) is 13.2 Å². The number of hydrogen-bond acceptors (Lipinski definition) is 4. The molecule has 0 bridgehead atoms. The van der Waals surface area contributed by atoms with E-state index < -0.39 is 5.41 Å². The van der Waals surface area contributed by atoms with E-state index in [0.717, 1.165) is 38.1 Å². The molecule has 1 saturated carbocycles. The molecule has 160 valence electrons. The van der Waals surface area contributed by atoms with Gasteiger partial charge in [-0.2, -0.15) is 0 Å². The van der Waals surface area contributed by atoms with Crippen LogP contribution in [0.15, 0.2) is 48.5 Å². The van der Waals surface area contributed by atoms with E-state index in [1.807, 2.05) is 12.1 Å². The van der Waals surface area contributed by atoms with Gasteiger partial charge in [-0.05, 0) is 55.0 Å². The second-order valence-electron chi connectivity index (χ2n) is 9.68. The van der Waals surface area contributed by atoms with Crippen LogP contribution in [0.25, 0.3) is 0 Å². The van der Waals surface area contributed by atoms with E-state index in [2.05, 4.69) is 46.2 Å². The fourth-order valence-electron chi connectivity index (χ4n) is 7.32. The molecule has 3 heterocycles. The molecule has 5 nitrogen and oxygen atoms in total. The average Bonchev–Trinajstić information content (AvgIpc) is 3.35. The lowest BCUT2D eigenvalue weighted by molar-refractivity contribution is -0.148. The van der Waals surface area contributed by atoms with Gasteiger partial charge in [-0.3, -0.25) is 4.79 Å². The van der Waals surface area contributed by atoms with Gasteiger partial charge in [-0.1, -0.05) is 30.3 Å². The minimum absolute atomic E-state index is 0.0143. The first kappa shape index (κ1) is 18.9. The number of para-hydroxylation sites is 1. The maximum absolute atomic E-state index is 12.9. The van der Waals surface area contributed by atoms with Crippen LogP contribution in [0, 0.1) is 5.41 Å². The number of benzene rings is 2. The highest BCUT2D eigenvalue weighted by atomic mass is 16.5. The van der Waals surface area contributed by atoms with Gasteiger partial charge in [0.15, 0.2) is 0 Å². The number of aldehydes is 1. The van der Waals surface area contributed by atoms with Crippen molar-refractivity contribution >= 4 is 17.9 Å². The molecule has 2 aromatic rings. The van der Waals surface area contributed by atoms with Gasteiger partial charge in [-0.15, -0.1) is 0 Å². The van der Waals surface area contributed by atoms with Crippen LogP contribution in [-0.4, -0.2) is 42.8 Å². The quantitative estimate of drug-likeness (QED) is 0.714. The Morgan fingerprint density at radius 2 is 1.90 bits per heavy atom. The molecule has 2 aromatic carbocycles. The molecule has 1 spiro atoms. The molecule has 4 atom stereocenters. The van der Waals surface area contributed by atoms with Crippen molar-refractivity contribution in [3.05, 3.63) is 59.7 Å². The summed E-state index contributed by atoms with van der Waals surface area (Å²) in [5, 5.41) is 0. The maximum atomic E-state index is 12.9. The Labute approximate surface area is 183 Å². The Morgan fingerprint density at radius 3 is 2.68 bits per heavy atom. The predicted molar refractivity (Wildman–Crippen MR) is 118 cm³/mol. The van der Waals surface area contributed by atoms with E-state index in [0.29, 0.717) is 18.9 Å². The van der Waals surface area contributed by atoms with Gasteiger partial charge in [0.25, 0.3) is 0 Å². The van der Waals surface area contributed by atoms with E-state index in [1.165, 1.54) is 23.1 Å². The van der Waals surface area contributed by atoms with Crippen LogP contribution >= 0.6 is 0 Å². The van der Waals surface area contributed by atoms with Crippen LogP contribution in [0.5, 0.6) is 5.75 Å². The largest absolute Gasteiger partial charge is 0.497 e. The lowest BCUT2D eigenvalue weighted by atomic mass is 9.53. The Balaban J connectivity index is 1.47. The van der Waals surface area contributed by atoms with Crippen molar-refractivity contribution in [1.29, 1.82) is 0 Å². The van der Waals surface area contributed by atoms with Crippen LogP contribution < -0.4 is 9.64 Å². The van der Waals surface area contributed by atoms with Crippen LogP contribution in [0.3, 0.4) is 0 Å². The van der Waals surface area contributed by atoms with E-state index in [4.69, 9.17) is 4.74 Å². The molecule has 0 unspecified atom stereocenters. The number of amides is 1. The molecular weight excluding hydrogens is 388 g/mol. The minimum atomic E-state index is -0.399. The summed E-state index contributed by atoms with van der Waals surface area (Å²) in [5.41, 5.74) is 3.30. The van der Waals surface area contributed by atoms with E-state index in [-0.39, 0.29) is 17.4 Å². The SMILES string of the molecule is COc1ccc(CN2c3ccccc3[C@]34CCN5C(=O)CC[C@](C=O)(CC[C@@H]23)[C@@H]54)cc1. The van der Waals surface area contributed by atoms with Gasteiger partial charge < -0.3 is 19.3 Å². The zero-order chi connectivity index (χ0) is 21.2. The summed E-state index contributed by atoms with van der Waals surface area (Å²) in [6, 6.07) is 17.3. The molecule has 4 aliphatic rings. The van der Waals surface area contributed by atoms with Crippen molar-refractivity contribution in [1.82, 2.24) is 4.90 Å². The maximum Gasteiger partial charge on any atom is 0.222 e. The van der Waals surface area contributed by atoms with Crippen molar-refractivity contribution in [2.24, 2.45) is 5.41 Å². The van der Waals surface area contributed by atoms with E-state index in [1.54, 1.807) is 7.11 Å². The van der Waals surface area contributed by atoms with Gasteiger partial charge in [0.2, 0.25) is 5.91 Å². The standard InChI is InChI=1S/C26H28N2O3/c1-31-19-8-6-18(7-9-19)16-28-21-5-3-2-4-20(21)26-14-15-27-23(30)11-13-25(17-29,24(26)27)12-10-22(26)28/h2-9,17,22,24H,10-16H2,1H3/t22-,24-,25+,26-/m1/s1. The molecule has 3 fully saturated rings. The fraction of sp³-hybridized carbons (Fsp3) is 0.462. The predicted octanol–water partition coefficient (Wildman–Crippen LogP) is 3.70. The van der Waals surface area contributed by atoms with E-state index in [9.17, 15) is 9.59 Å². The molecular formula is C26H28N2O3. The molecule has 0 N–H and O–H groups in total. The second-order valence-corrected chi connectivity index (χ2v) is 9.68. The first-order chi connectivity index (χ1) is 15.1. The number of fused-ring (bicyclic) bond motifs is 1. The number of anilines is 1. The number of hydrogen-bond donors (Lipinski definition) is 0. The monoisotopic (exact) mass is 416 g/mol. The Hall–Kier alpha value is -2.82. The minimum Gasteiger partial charge on any atom is -0.497 e. The third-order valence-corrected chi connectivity index (χ3v) is 8.55. The number of carbonyl (C=O) groups excluding carboxylic acids is 2. The highest BCUT2D eigenvalue weighted by Crippen LogP contribution is 2.64. The average molecular weight is 417 g/mol. The number of carbonyl (C=O) groups is 2. The van der Waals surface area contributed by atoms with Gasteiger partial charge in [0, 0.05) is 42.1 Å². The smallest absolute Gasteiger partial charge is 0.222 e. The number of rotatable bonds is 4. The summed E-state index contributed by atoms with van der Waals surface area (Å²) >= 11 is 0. The third-order valence-electron chi connectivity index (χ3n) is 8.55. The zero-order valence-electron chi connectivity index (χ0n) is 17.9. The molecule has 31 heavy (non-hydrogen) atoms. The normalized spacial score (nSPS) is 33.0. The molecule has 2 saturated heterocycles. The molecule has 6 rings (SSSR count). The number of ether oxygens (including phenoxy) is 1. The molecule has 1 amide bonds. The zero-order valence-corrected chi connectivity index (χ0v) is 17.9. The van der Waals surface area contributed by atoms with Gasteiger partial charge in [0.1, 0.15) is 12.0 Å². The van der Waals surface area contributed by atoms with Gasteiger partial charge >= 0.3 is 0 Å². The summed E-state index contributed by atoms with van der Waals surface area (Å²) in [6.07, 6.45) is 5.21. The van der Waals surface area contributed by atoms with E-state index >= 15 is 0 Å². The third kappa shape index (κ3) is 2.38.